The van der Waals surface area contributed by atoms with Crippen LogP contribution in [-0.2, 0) is 18.3 Å². The molecule has 0 saturated carbocycles. The standard InChI is InChI=1S/C28H25ClN2O5/c1-16-7-6-9-20(29)23(16)26(32)30-21(28(34)35)15-17-11-13-18(14-12-17)24-25(36-3)19-8-4-5-10-22(19)31(2)27(24)33/h4-14,21H,15H2,1-3H3,(H,30,32)(H,34,35)/t21-/m0/s1. The Bertz CT molecular complexity index is 1510. The highest BCUT2D eigenvalue weighted by Gasteiger charge is 2.24. The fourth-order valence-corrected chi connectivity index (χ4v) is 4.63. The van der Waals surface area contributed by atoms with Crippen molar-refractivity contribution in [2.24, 2.45) is 7.05 Å². The highest BCUT2D eigenvalue weighted by molar-refractivity contribution is 6.34. The molecule has 0 fully saturated rings. The number of ether oxygens (including phenoxy) is 1. The van der Waals surface area contributed by atoms with Gasteiger partial charge in [-0.1, -0.05) is 60.1 Å². The number of carbonyl (C=O) groups is 2. The van der Waals surface area contributed by atoms with Gasteiger partial charge in [-0.2, -0.15) is 0 Å². The van der Waals surface area contributed by atoms with Crippen molar-refractivity contribution in [3.05, 3.63) is 98.8 Å². The molecule has 4 rings (SSSR count). The molecule has 1 aromatic heterocycles. The van der Waals surface area contributed by atoms with Gasteiger partial charge in [-0.15, -0.1) is 0 Å². The number of aliphatic carboxylic acids is 1. The van der Waals surface area contributed by atoms with Crippen LogP contribution in [-0.4, -0.2) is 34.7 Å². The van der Waals surface area contributed by atoms with Gasteiger partial charge in [0.2, 0.25) is 0 Å². The maximum absolute atomic E-state index is 13.2. The van der Waals surface area contributed by atoms with E-state index < -0.39 is 17.9 Å². The fourth-order valence-electron chi connectivity index (χ4n) is 4.33. The van der Waals surface area contributed by atoms with E-state index in [1.165, 1.54) is 7.11 Å². The number of aryl methyl sites for hydroxylation is 2. The highest BCUT2D eigenvalue weighted by Crippen LogP contribution is 2.33. The number of benzene rings is 3. The quantitative estimate of drug-likeness (QED) is 0.383. The molecule has 1 amide bonds. The molecule has 1 heterocycles. The van der Waals surface area contributed by atoms with Crippen LogP contribution in [0.15, 0.2) is 71.5 Å². The molecular formula is C28H25ClN2O5. The Kier molecular flexibility index (Phi) is 7.12. The Hall–Kier alpha value is -4.10. The molecule has 0 aliphatic rings. The summed E-state index contributed by atoms with van der Waals surface area (Å²) in [6.07, 6.45) is 0.0533. The average molecular weight is 505 g/mol. The van der Waals surface area contributed by atoms with E-state index in [4.69, 9.17) is 16.3 Å². The molecule has 2 N–H and O–H groups in total. The lowest BCUT2D eigenvalue weighted by molar-refractivity contribution is -0.139. The van der Waals surface area contributed by atoms with Crippen molar-refractivity contribution < 1.29 is 19.4 Å². The van der Waals surface area contributed by atoms with Crippen LogP contribution in [0.4, 0.5) is 0 Å². The van der Waals surface area contributed by atoms with Crippen LogP contribution in [0.1, 0.15) is 21.5 Å². The molecule has 7 nitrogen and oxygen atoms in total. The lowest BCUT2D eigenvalue weighted by atomic mass is 9.99. The second kappa shape index (κ2) is 10.3. The number of para-hydroxylation sites is 1. The number of halogens is 1. The van der Waals surface area contributed by atoms with Crippen molar-refractivity contribution in [3.8, 4) is 16.9 Å². The number of hydrogen-bond acceptors (Lipinski definition) is 4. The van der Waals surface area contributed by atoms with Crippen LogP contribution in [0, 0.1) is 6.92 Å². The summed E-state index contributed by atoms with van der Waals surface area (Å²) in [4.78, 5) is 37.9. The van der Waals surface area contributed by atoms with Crippen LogP contribution in [0.3, 0.4) is 0 Å². The molecule has 4 aromatic rings. The summed E-state index contributed by atoms with van der Waals surface area (Å²) < 4.78 is 7.21. The average Bonchev–Trinajstić information content (AvgIpc) is 2.86. The minimum Gasteiger partial charge on any atom is -0.495 e. The largest absolute Gasteiger partial charge is 0.495 e. The molecule has 1 atom stereocenters. The van der Waals surface area contributed by atoms with E-state index >= 15 is 0 Å². The minimum atomic E-state index is -1.16. The second-order valence-electron chi connectivity index (χ2n) is 8.49. The zero-order valence-electron chi connectivity index (χ0n) is 20.0. The molecule has 0 spiro atoms. The summed E-state index contributed by atoms with van der Waals surface area (Å²) in [6, 6.07) is 18.4. The second-order valence-corrected chi connectivity index (χ2v) is 8.89. The molecule has 0 unspecified atom stereocenters. The van der Waals surface area contributed by atoms with Gasteiger partial charge < -0.3 is 19.7 Å². The third-order valence-electron chi connectivity index (χ3n) is 6.19. The van der Waals surface area contributed by atoms with Crippen molar-refractivity contribution in [1.82, 2.24) is 9.88 Å². The number of carboxylic acid groups (broad SMARTS) is 1. The molecule has 0 aliphatic heterocycles. The number of hydrogen-bond donors (Lipinski definition) is 2. The summed E-state index contributed by atoms with van der Waals surface area (Å²) in [5.41, 5.74) is 3.20. The van der Waals surface area contributed by atoms with Crippen LogP contribution >= 0.6 is 11.6 Å². The molecule has 0 saturated heterocycles. The van der Waals surface area contributed by atoms with E-state index in [0.29, 0.717) is 28.0 Å². The van der Waals surface area contributed by atoms with E-state index in [1.807, 2.05) is 24.3 Å². The van der Waals surface area contributed by atoms with Gasteiger partial charge >= 0.3 is 5.97 Å². The number of amides is 1. The monoisotopic (exact) mass is 504 g/mol. The number of nitrogens with zero attached hydrogens (tertiary/aromatic N) is 1. The molecule has 0 radical (unpaired) electrons. The summed E-state index contributed by atoms with van der Waals surface area (Å²) in [5.74, 6) is -1.24. The van der Waals surface area contributed by atoms with Gasteiger partial charge in [-0.05, 0) is 41.8 Å². The Morgan fingerprint density at radius 2 is 1.75 bits per heavy atom. The first-order valence-corrected chi connectivity index (χ1v) is 11.6. The molecular weight excluding hydrogens is 480 g/mol. The Labute approximate surface area is 212 Å². The number of aromatic nitrogens is 1. The number of fused-ring (bicyclic) bond motifs is 1. The lowest BCUT2D eigenvalue weighted by Crippen LogP contribution is -2.42. The van der Waals surface area contributed by atoms with Crippen LogP contribution < -0.4 is 15.6 Å². The number of pyridine rings is 1. The summed E-state index contributed by atoms with van der Waals surface area (Å²) >= 11 is 6.16. The van der Waals surface area contributed by atoms with Crippen molar-refractivity contribution in [3.63, 3.8) is 0 Å². The number of carboxylic acids is 1. The summed E-state index contributed by atoms with van der Waals surface area (Å²) in [7, 11) is 3.24. The molecule has 3 aromatic carbocycles. The molecule has 36 heavy (non-hydrogen) atoms. The van der Waals surface area contributed by atoms with E-state index in [2.05, 4.69) is 5.32 Å². The van der Waals surface area contributed by atoms with Crippen LogP contribution in [0.2, 0.25) is 5.02 Å². The zero-order valence-corrected chi connectivity index (χ0v) is 20.8. The molecule has 184 valence electrons. The maximum Gasteiger partial charge on any atom is 0.326 e. The van der Waals surface area contributed by atoms with Gasteiger partial charge in [0.1, 0.15) is 11.8 Å². The van der Waals surface area contributed by atoms with Gasteiger partial charge in [-0.3, -0.25) is 9.59 Å². The number of methoxy groups -OCH3 is 1. The van der Waals surface area contributed by atoms with Gasteiger partial charge in [-0.25, -0.2) is 4.79 Å². The van der Waals surface area contributed by atoms with Gasteiger partial charge in [0.05, 0.1) is 28.8 Å². The third kappa shape index (κ3) is 4.70. The van der Waals surface area contributed by atoms with E-state index in [9.17, 15) is 19.5 Å². The number of nitrogens with one attached hydrogen (secondary N) is 1. The van der Waals surface area contributed by atoms with Crippen molar-refractivity contribution in [2.75, 3.05) is 7.11 Å². The first-order valence-electron chi connectivity index (χ1n) is 11.3. The lowest BCUT2D eigenvalue weighted by Gasteiger charge is -2.17. The Morgan fingerprint density at radius 3 is 2.39 bits per heavy atom. The summed E-state index contributed by atoms with van der Waals surface area (Å²) in [6.45, 7) is 1.74. The normalized spacial score (nSPS) is 11.8. The Morgan fingerprint density at radius 1 is 1.06 bits per heavy atom. The zero-order chi connectivity index (χ0) is 26.0. The van der Waals surface area contributed by atoms with Crippen LogP contribution in [0.25, 0.3) is 22.0 Å². The summed E-state index contributed by atoms with van der Waals surface area (Å²) in [5, 5.41) is 13.4. The third-order valence-corrected chi connectivity index (χ3v) is 6.51. The first-order chi connectivity index (χ1) is 17.2. The van der Waals surface area contributed by atoms with Crippen LogP contribution in [0.5, 0.6) is 5.75 Å². The molecule has 0 aliphatic carbocycles. The SMILES string of the molecule is COc1c(-c2ccc(C[C@H](NC(=O)c3c(C)cccc3Cl)C(=O)O)cc2)c(=O)n(C)c2ccccc12. The number of carbonyl (C=O) groups excluding carboxylic acids is 1. The maximum atomic E-state index is 13.2. The predicted octanol–water partition coefficient (Wildman–Crippen LogP) is 4.60. The minimum absolute atomic E-state index is 0.0533. The smallest absolute Gasteiger partial charge is 0.326 e. The van der Waals surface area contributed by atoms with Gasteiger partial charge in [0.15, 0.2) is 0 Å². The van der Waals surface area contributed by atoms with Crippen molar-refractivity contribution in [2.45, 2.75) is 19.4 Å². The van der Waals surface area contributed by atoms with Crippen molar-refractivity contribution >= 4 is 34.4 Å². The van der Waals surface area contributed by atoms with Crippen molar-refractivity contribution in [1.29, 1.82) is 0 Å². The topological polar surface area (TPSA) is 97.6 Å². The molecule has 0 bridgehead atoms. The Balaban J connectivity index is 1.63. The van der Waals surface area contributed by atoms with E-state index in [-0.39, 0.29) is 22.6 Å². The van der Waals surface area contributed by atoms with Gasteiger partial charge in [0.25, 0.3) is 11.5 Å². The highest BCUT2D eigenvalue weighted by atomic mass is 35.5. The first kappa shape index (κ1) is 25.0. The van der Waals surface area contributed by atoms with E-state index in [0.717, 1.165) is 10.9 Å². The fraction of sp³-hybridized carbons (Fsp3) is 0.179. The predicted molar refractivity (Wildman–Crippen MR) is 140 cm³/mol. The van der Waals surface area contributed by atoms with Gasteiger partial charge in [0, 0.05) is 18.9 Å². The molecule has 8 heteroatoms. The number of rotatable bonds is 7. The van der Waals surface area contributed by atoms with E-state index in [1.54, 1.807) is 61.0 Å².